The summed E-state index contributed by atoms with van der Waals surface area (Å²) in [4.78, 5) is 12.3. The van der Waals surface area contributed by atoms with Crippen molar-refractivity contribution in [2.24, 2.45) is 0 Å². The molecule has 1 N–H and O–H groups in total. The van der Waals surface area contributed by atoms with Gasteiger partial charge >= 0.3 is 0 Å². The quantitative estimate of drug-likeness (QED) is 0.397. The number of carbonyl (C=O) groups is 1. The van der Waals surface area contributed by atoms with Gasteiger partial charge in [0.05, 0.1) is 11.3 Å². The van der Waals surface area contributed by atoms with E-state index in [0.717, 1.165) is 29.5 Å². The zero-order chi connectivity index (χ0) is 22.7. The first kappa shape index (κ1) is 21.6. The Balaban J connectivity index is 1.63. The van der Waals surface area contributed by atoms with E-state index in [2.05, 4.69) is 15.5 Å². The fourth-order valence-electron chi connectivity index (χ4n) is 3.03. The minimum Gasteiger partial charge on any atom is -0.320 e. The van der Waals surface area contributed by atoms with E-state index >= 15 is 0 Å². The summed E-state index contributed by atoms with van der Waals surface area (Å²) in [5.41, 5.74) is 1.46. The molecule has 0 radical (unpaired) electrons. The first-order chi connectivity index (χ1) is 15.4. The second-order valence-corrected chi connectivity index (χ2v) is 7.83. The smallest absolute Gasteiger partial charge is 0.235 e. The van der Waals surface area contributed by atoms with E-state index in [1.165, 1.54) is 12.1 Å². The van der Waals surface area contributed by atoms with Crippen molar-refractivity contribution < 1.29 is 18.0 Å². The molecule has 4 aromatic rings. The number of hydrogen-bond donors (Lipinski definition) is 1. The lowest BCUT2D eigenvalue weighted by atomic mass is 10.2. The summed E-state index contributed by atoms with van der Waals surface area (Å²) in [5, 5.41) is 10.8. The molecule has 0 fully saturated rings. The van der Waals surface area contributed by atoms with E-state index in [1.807, 2.05) is 31.2 Å². The summed E-state index contributed by atoms with van der Waals surface area (Å²) in [7, 11) is 0. The van der Waals surface area contributed by atoms with Crippen molar-refractivity contribution in [3.8, 4) is 17.1 Å². The van der Waals surface area contributed by atoms with Gasteiger partial charge in [-0.3, -0.25) is 9.36 Å². The summed E-state index contributed by atoms with van der Waals surface area (Å²) < 4.78 is 43.7. The number of thioether (sulfide) groups is 1. The van der Waals surface area contributed by atoms with Gasteiger partial charge in [0.1, 0.15) is 23.1 Å². The standard InChI is InChI=1S/C23H17F3N4OS/c1-14-9-11-15(12-10-14)30-22(16-5-2-3-6-17(16)24)28-29-23(30)32-13-20(31)27-21-18(25)7-4-8-19(21)26/h2-12H,13H2,1H3,(H,27,31). The molecule has 0 unspecified atom stereocenters. The van der Waals surface area contributed by atoms with Gasteiger partial charge in [-0.2, -0.15) is 0 Å². The summed E-state index contributed by atoms with van der Waals surface area (Å²) in [6.45, 7) is 1.94. The lowest BCUT2D eigenvalue weighted by molar-refractivity contribution is -0.113. The zero-order valence-electron chi connectivity index (χ0n) is 16.8. The Morgan fingerprint density at radius 2 is 1.56 bits per heavy atom. The van der Waals surface area contributed by atoms with Crippen molar-refractivity contribution in [2.45, 2.75) is 12.1 Å². The molecule has 0 aliphatic rings. The number of aromatic nitrogens is 3. The van der Waals surface area contributed by atoms with E-state index in [4.69, 9.17) is 0 Å². The molecule has 0 bridgehead atoms. The Kier molecular flexibility index (Phi) is 6.27. The van der Waals surface area contributed by atoms with Crippen LogP contribution in [0.5, 0.6) is 0 Å². The predicted molar refractivity (Wildman–Crippen MR) is 117 cm³/mol. The van der Waals surface area contributed by atoms with Crippen molar-refractivity contribution in [3.63, 3.8) is 0 Å². The highest BCUT2D eigenvalue weighted by Gasteiger charge is 2.20. The number of carbonyl (C=O) groups excluding carboxylic acids is 1. The monoisotopic (exact) mass is 454 g/mol. The number of rotatable bonds is 6. The summed E-state index contributed by atoms with van der Waals surface area (Å²) >= 11 is 1.02. The molecule has 0 saturated carbocycles. The Morgan fingerprint density at radius 3 is 2.25 bits per heavy atom. The SMILES string of the molecule is Cc1ccc(-n2c(SCC(=O)Nc3c(F)cccc3F)nnc2-c2ccccc2F)cc1. The van der Waals surface area contributed by atoms with E-state index in [1.54, 1.807) is 22.8 Å². The molecule has 9 heteroatoms. The van der Waals surface area contributed by atoms with Crippen LogP contribution in [0.2, 0.25) is 0 Å². The number of amides is 1. The molecule has 1 aromatic heterocycles. The highest BCUT2D eigenvalue weighted by molar-refractivity contribution is 7.99. The van der Waals surface area contributed by atoms with Crippen molar-refractivity contribution >= 4 is 23.4 Å². The summed E-state index contributed by atoms with van der Waals surface area (Å²) in [5.74, 6) is -2.73. The molecule has 0 aliphatic carbocycles. The maximum Gasteiger partial charge on any atom is 0.235 e. The van der Waals surface area contributed by atoms with Gasteiger partial charge in [-0.05, 0) is 43.3 Å². The lowest BCUT2D eigenvalue weighted by Crippen LogP contribution is -2.16. The number of hydrogen-bond acceptors (Lipinski definition) is 4. The van der Waals surface area contributed by atoms with Crippen molar-refractivity contribution in [3.05, 3.63) is 89.7 Å². The van der Waals surface area contributed by atoms with Gasteiger partial charge in [0.15, 0.2) is 11.0 Å². The molecule has 1 amide bonds. The summed E-state index contributed by atoms with van der Waals surface area (Å²) in [6.07, 6.45) is 0. The Hall–Kier alpha value is -3.59. The topological polar surface area (TPSA) is 59.8 Å². The van der Waals surface area contributed by atoms with Crippen LogP contribution in [-0.2, 0) is 4.79 Å². The molecule has 0 atom stereocenters. The molecule has 162 valence electrons. The normalized spacial score (nSPS) is 10.9. The number of nitrogens with zero attached hydrogens (tertiary/aromatic N) is 3. The minimum absolute atomic E-state index is 0.185. The van der Waals surface area contributed by atoms with Gasteiger partial charge in [0, 0.05) is 5.69 Å². The van der Waals surface area contributed by atoms with Gasteiger partial charge in [-0.25, -0.2) is 13.2 Å². The van der Waals surface area contributed by atoms with Crippen LogP contribution in [0.3, 0.4) is 0 Å². The molecule has 5 nitrogen and oxygen atoms in total. The van der Waals surface area contributed by atoms with Crippen molar-refractivity contribution in [1.82, 2.24) is 14.8 Å². The average Bonchev–Trinajstić information content (AvgIpc) is 3.19. The first-order valence-corrected chi connectivity index (χ1v) is 10.6. The second kappa shape index (κ2) is 9.27. The average molecular weight is 454 g/mol. The molecule has 1 heterocycles. The second-order valence-electron chi connectivity index (χ2n) is 6.89. The number of nitrogens with one attached hydrogen (secondary N) is 1. The minimum atomic E-state index is -0.868. The van der Waals surface area contributed by atoms with Crippen LogP contribution in [0, 0.1) is 24.4 Å². The van der Waals surface area contributed by atoms with Crippen molar-refractivity contribution in [2.75, 3.05) is 11.1 Å². The molecular formula is C23H17F3N4OS. The highest BCUT2D eigenvalue weighted by Crippen LogP contribution is 2.30. The lowest BCUT2D eigenvalue weighted by Gasteiger charge is -2.11. The zero-order valence-corrected chi connectivity index (χ0v) is 17.7. The van der Waals surface area contributed by atoms with Crippen LogP contribution in [0.25, 0.3) is 17.1 Å². The molecule has 32 heavy (non-hydrogen) atoms. The number of aryl methyl sites for hydroxylation is 1. The predicted octanol–water partition coefficient (Wildman–Crippen LogP) is 5.39. The summed E-state index contributed by atoms with van der Waals surface area (Å²) in [6, 6.07) is 17.0. The molecule has 4 rings (SSSR count). The highest BCUT2D eigenvalue weighted by atomic mass is 32.2. The van der Waals surface area contributed by atoms with Crippen LogP contribution < -0.4 is 5.32 Å². The van der Waals surface area contributed by atoms with Crippen LogP contribution in [-0.4, -0.2) is 26.4 Å². The maximum absolute atomic E-state index is 14.5. The fourth-order valence-corrected chi connectivity index (χ4v) is 3.78. The van der Waals surface area contributed by atoms with E-state index < -0.39 is 29.0 Å². The van der Waals surface area contributed by atoms with Gasteiger partial charge in [-0.15, -0.1) is 10.2 Å². The Bertz CT molecular complexity index is 1250. The van der Waals surface area contributed by atoms with Gasteiger partial charge in [0.2, 0.25) is 5.91 Å². The van der Waals surface area contributed by atoms with Crippen LogP contribution in [0.15, 0.2) is 71.9 Å². The van der Waals surface area contributed by atoms with E-state index in [0.29, 0.717) is 10.8 Å². The first-order valence-electron chi connectivity index (χ1n) is 9.58. The molecule has 0 spiro atoms. The fraction of sp³-hybridized carbons (Fsp3) is 0.0870. The largest absolute Gasteiger partial charge is 0.320 e. The van der Waals surface area contributed by atoms with E-state index in [-0.39, 0.29) is 17.1 Å². The van der Waals surface area contributed by atoms with Crippen LogP contribution in [0.4, 0.5) is 18.9 Å². The maximum atomic E-state index is 14.5. The third kappa shape index (κ3) is 4.52. The molecule has 3 aromatic carbocycles. The number of halogens is 3. The molecule has 0 saturated heterocycles. The van der Waals surface area contributed by atoms with Gasteiger partial charge in [0.25, 0.3) is 0 Å². The number of anilines is 1. The van der Waals surface area contributed by atoms with Gasteiger partial charge in [-0.1, -0.05) is 47.7 Å². The third-order valence-electron chi connectivity index (χ3n) is 4.60. The molecular weight excluding hydrogens is 437 g/mol. The Labute approximate surface area is 186 Å². The Morgan fingerprint density at radius 1 is 0.906 bits per heavy atom. The number of benzene rings is 3. The van der Waals surface area contributed by atoms with Gasteiger partial charge < -0.3 is 5.32 Å². The number of para-hydroxylation sites is 1. The molecule has 0 aliphatic heterocycles. The third-order valence-corrected chi connectivity index (χ3v) is 5.53. The van der Waals surface area contributed by atoms with Crippen LogP contribution in [0.1, 0.15) is 5.56 Å². The van der Waals surface area contributed by atoms with Crippen molar-refractivity contribution in [1.29, 1.82) is 0 Å². The van der Waals surface area contributed by atoms with E-state index in [9.17, 15) is 18.0 Å². The van der Waals surface area contributed by atoms with Crippen LogP contribution >= 0.6 is 11.8 Å².